The minimum atomic E-state index is -0.415. The lowest BCUT2D eigenvalue weighted by atomic mass is 10.0. The van der Waals surface area contributed by atoms with Gasteiger partial charge in [-0.1, -0.05) is 109 Å². The summed E-state index contributed by atoms with van der Waals surface area (Å²) < 4.78 is 8.53. The number of nitrogens with zero attached hydrogens (tertiary/aromatic N) is 3. The molecule has 6 aromatic carbocycles. The third-order valence-corrected chi connectivity index (χ3v) is 8.47. The first-order chi connectivity index (χ1) is 21.8. The van der Waals surface area contributed by atoms with Crippen LogP contribution < -0.4 is 5.32 Å². The van der Waals surface area contributed by atoms with E-state index in [0.717, 1.165) is 56.0 Å². The lowest BCUT2D eigenvalue weighted by molar-refractivity contribution is 0.669. The predicted molar refractivity (Wildman–Crippen MR) is 180 cm³/mol. The van der Waals surface area contributed by atoms with E-state index in [4.69, 9.17) is 14.4 Å². The molecular weight excluding hydrogens is 540 g/mol. The third-order valence-electron chi connectivity index (χ3n) is 8.47. The van der Waals surface area contributed by atoms with Crippen molar-refractivity contribution in [1.82, 2.24) is 9.88 Å². The lowest BCUT2D eigenvalue weighted by Gasteiger charge is -2.23. The highest BCUT2D eigenvalue weighted by molar-refractivity contribution is 6.23. The van der Waals surface area contributed by atoms with Crippen molar-refractivity contribution in [3.8, 4) is 5.69 Å². The van der Waals surface area contributed by atoms with Gasteiger partial charge in [0.05, 0.1) is 11.0 Å². The fraction of sp³-hybridized carbons (Fsp3) is 0.0256. The van der Waals surface area contributed by atoms with Crippen LogP contribution >= 0.6 is 0 Å². The number of hydrogen-bond donors (Lipinski definition) is 1. The average molecular weight is 567 g/mol. The summed E-state index contributed by atoms with van der Waals surface area (Å²) in [5.41, 5.74) is 8.20. The molecule has 8 aromatic rings. The molecule has 0 aliphatic carbocycles. The molecule has 1 aliphatic rings. The minimum Gasteiger partial charge on any atom is -0.456 e. The highest BCUT2D eigenvalue weighted by Gasteiger charge is 2.23. The highest BCUT2D eigenvalue weighted by atomic mass is 16.3. The van der Waals surface area contributed by atoms with Gasteiger partial charge in [-0.2, -0.15) is 0 Å². The van der Waals surface area contributed by atoms with Crippen molar-refractivity contribution >= 4 is 55.4 Å². The van der Waals surface area contributed by atoms with Crippen LogP contribution in [0.4, 0.5) is 0 Å². The molecule has 44 heavy (non-hydrogen) atoms. The molecule has 0 spiro atoms. The second-order valence-corrected chi connectivity index (χ2v) is 11.1. The third kappa shape index (κ3) is 3.87. The van der Waals surface area contributed by atoms with Gasteiger partial charge in [0.2, 0.25) is 0 Å². The van der Waals surface area contributed by atoms with E-state index in [-0.39, 0.29) is 0 Å². The van der Waals surface area contributed by atoms with Crippen molar-refractivity contribution in [3.05, 3.63) is 162 Å². The number of hydrogen-bond acceptors (Lipinski definition) is 4. The van der Waals surface area contributed by atoms with Crippen molar-refractivity contribution < 1.29 is 4.42 Å². The van der Waals surface area contributed by atoms with E-state index in [0.29, 0.717) is 0 Å². The minimum absolute atomic E-state index is 0.415. The highest BCUT2D eigenvalue weighted by Crippen LogP contribution is 2.35. The number of furan rings is 1. The maximum Gasteiger partial charge on any atom is 0.169 e. The first-order valence-corrected chi connectivity index (χ1v) is 14.8. The van der Waals surface area contributed by atoms with Crippen LogP contribution in [-0.4, -0.2) is 16.2 Å². The van der Waals surface area contributed by atoms with Crippen molar-refractivity contribution in [1.29, 1.82) is 0 Å². The number of para-hydroxylation sites is 3. The number of fused-ring (bicyclic) bond motifs is 6. The molecule has 1 aliphatic heterocycles. The summed E-state index contributed by atoms with van der Waals surface area (Å²) in [5, 5.41) is 8.17. The van der Waals surface area contributed by atoms with Crippen molar-refractivity contribution in [3.63, 3.8) is 0 Å². The van der Waals surface area contributed by atoms with Crippen molar-refractivity contribution in [2.75, 3.05) is 0 Å². The normalized spacial score (nSPS) is 15.0. The summed E-state index contributed by atoms with van der Waals surface area (Å²) in [6, 6.07) is 50.3. The van der Waals surface area contributed by atoms with E-state index in [1.54, 1.807) is 0 Å². The Hall–Kier alpha value is -5.94. The van der Waals surface area contributed by atoms with Crippen LogP contribution in [0.3, 0.4) is 0 Å². The van der Waals surface area contributed by atoms with Gasteiger partial charge in [-0.3, -0.25) is 0 Å². The second kappa shape index (κ2) is 9.82. The number of aromatic nitrogens is 1. The number of benzene rings is 6. The van der Waals surface area contributed by atoms with Crippen molar-refractivity contribution in [2.45, 2.75) is 6.17 Å². The van der Waals surface area contributed by atoms with Gasteiger partial charge in [0.25, 0.3) is 0 Å². The summed E-state index contributed by atoms with van der Waals surface area (Å²) in [5.74, 6) is 1.56. The molecule has 0 saturated heterocycles. The molecule has 1 N–H and O–H groups in total. The van der Waals surface area contributed by atoms with E-state index in [2.05, 4.69) is 107 Å². The molecule has 1 unspecified atom stereocenters. The Kier molecular flexibility index (Phi) is 5.50. The van der Waals surface area contributed by atoms with Crippen LogP contribution in [0.1, 0.15) is 22.9 Å². The SMILES string of the molecule is c1ccc(C2=NC(c3ccc(-n4c5ccccc5c5ccccc54)cc3)N=C(c3cccc4oc5ccccc5c34)N2)cc1. The van der Waals surface area contributed by atoms with Gasteiger partial charge < -0.3 is 14.3 Å². The van der Waals surface area contributed by atoms with Gasteiger partial charge in [0, 0.05) is 38.4 Å². The summed E-state index contributed by atoms with van der Waals surface area (Å²) >= 11 is 0. The van der Waals surface area contributed by atoms with E-state index < -0.39 is 6.17 Å². The Balaban J connectivity index is 1.18. The summed E-state index contributed by atoms with van der Waals surface area (Å²) in [6.45, 7) is 0. The maximum atomic E-state index is 6.20. The lowest BCUT2D eigenvalue weighted by Crippen LogP contribution is -2.36. The number of aliphatic imine (C=N–C) groups is 2. The van der Waals surface area contributed by atoms with Gasteiger partial charge in [0.15, 0.2) is 6.17 Å². The monoisotopic (exact) mass is 566 g/mol. The molecule has 0 fully saturated rings. The van der Waals surface area contributed by atoms with Crippen molar-refractivity contribution in [2.24, 2.45) is 9.98 Å². The van der Waals surface area contributed by atoms with Gasteiger partial charge in [-0.05, 0) is 42.0 Å². The Morgan fingerprint density at radius 2 is 1.14 bits per heavy atom. The summed E-state index contributed by atoms with van der Waals surface area (Å²) in [6.07, 6.45) is -0.415. The zero-order valence-electron chi connectivity index (χ0n) is 23.7. The average Bonchev–Trinajstić information content (AvgIpc) is 3.65. The van der Waals surface area contributed by atoms with E-state index in [1.165, 1.54) is 21.8 Å². The first kappa shape index (κ1) is 24.6. The molecule has 0 saturated carbocycles. The molecule has 2 aromatic heterocycles. The molecule has 5 heteroatoms. The van der Waals surface area contributed by atoms with Gasteiger partial charge in [-0.15, -0.1) is 0 Å². The smallest absolute Gasteiger partial charge is 0.169 e. The largest absolute Gasteiger partial charge is 0.456 e. The molecule has 0 amide bonds. The fourth-order valence-electron chi connectivity index (χ4n) is 6.45. The molecule has 9 rings (SSSR count). The Bertz CT molecular complexity index is 2360. The quantitative estimate of drug-likeness (QED) is 0.231. The van der Waals surface area contributed by atoms with Crippen LogP contribution in [0, 0.1) is 0 Å². The van der Waals surface area contributed by atoms with Crippen LogP contribution in [0.2, 0.25) is 0 Å². The second-order valence-electron chi connectivity index (χ2n) is 11.1. The Morgan fingerprint density at radius 1 is 0.523 bits per heavy atom. The van der Waals surface area contributed by atoms with Crippen LogP contribution in [0.15, 0.2) is 160 Å². The maximum absolute atomic E-state index is 6.20. The molecule has 208 valence electrons. The van der Waals surface area contributed by atoms with Crippen LogP contribution in [-0.2, 0) is 0 Å². The number of amidine groups is 2. The molecule has 0 bridgehead atoms. The molecule has 0 radical (unpaired) electrons. The van der Waals surface area contributed by atoms with Crippen LogP contribution in [0.5, 0.6) is 0 Å². The summed E-state index contributed by atoms with van der Waals surface area (Å²) in [4.78, 5) is 10.3. The summed E-state index contributed by atoms with van der Waals surface area (Å²) in [7, 11) is 0. The Labute approximate surface area is 253 Å². The van der Waals surface area contributed by atoms with E-state index in [1.807, 2.05) is 48.5 Å². The molecular formula is C39H26N4O. The molecule has 5 nitrogen and oxygen atoms in total. The zero-order chi connectivity index (χ0) is 29.0. The zero-order valence-corrected chi connectivity index (χ0v) is 23.7. The molecule has 1 atom stereocenters. The van der Waals surface area contributed by atoms with Gasteiger partial charge >= 0.3 is 0 Å². The first-order valence-electron chi connectivity index (χ1n) is 14.8. The van der Waals surface area contributed by atoms with Gasteiger partial charge in [0.1, 0.15) is 22.8 Å². The van der Waals surface area contributed by atoms with Crippen LogP contribution in [0.25, 0.3) is 49.4 Å². The van der Waals surface area contributed by atoms with E-state index >= 15 is 0 Å². The number of nitrogens with one attached hydrogen (secondary N) is 1. The number of rotatable bonds is 4. The molecule has 3 heterocycles. The topological polar surface area (TPSA) is 54.8 Å². The van der Waals surface area contributed by atoms with Gasteiger partial charge in [-0.25, -0.2) is 9.98 Å². The Morgan fingerprint density at radius 3 is 1.89 bits per heavy atom. The fourth-order valence-corrected chi connectivity index (χ4v) is 6.45. The van der Waals surface area contributed by atoms with E-state index in [9.17, 15) is 0 Å². The standard InChI is InChI=1S/C39H26N4O/c1-2-11-25(12-3-1)37-40-38(42-39(41-37)31-16-10-20-35-36(31)30-15-6-9-19-34(30)44-35)26-21-23-27(24-22-26)43-32-17-7-4-13-28(32)29-14-5-8-18-33(29)43/h1-24,38H,(H,40,41,42). The predicted octanol–water partition coefficient (Wildman–Crippen LogP) is 9.18.